The van der Waals surface area contributed by atoms with Crippen molar-refractivity contribution in [3.8, 4) is 0 Å². The van der Waals surface area contributed by atoms with Gasteiger partial charge in [-0.1, -0.05) is 18.2 Å². The second-order valence-electron chi connectivity index (χ2n) is 3.75. The molecule has 0 saturated carbocycles. The van der Waals surface area contributed by atoms with Gasteiger partial charge in [-0.2, -0.15) is 0 Å². The lowest BCUT2D eigenvalue weighted by molar-refractivity contribution is -0.118. The smallest absolute Gasteiger partial charge is 0.227 e. The molecule has 0 unspecified atom stereocenters. The van der Waals surface area contributed by atoms with Crippen molar-refractivity contribution in [1.82, 2.24) is 0 Å². The van der Waals surface area contributed by atoms with Gasteiger partial charge in [0.05, 0.1) is 0 Å². The van der Waals surface area contributed by atoms with E-state index in [2.05, 4.69) is 6.07 Å². The average molecular weight is 205 g/mol. The molecule has 0 aliphatic carbocycles. The first-order chi connectivity index (χ1) is 7.33. The van der Waals surface area contributed by atoms with Crippen molar-refractivity contribution in [2.45, 2.75) is 19.3 Å². The number of nitrogens with zero attached hydrogens (tertiary/aromatic N) is 1. The SMILES string of the molecule is O=C1CCc2ccccc2N1CCCO. The van der Waals surface area contributed by atoms with E-state index in [1.165, 1.54) is 5.56 Å². The molecule has 1 aliphatic heterocycles. The number of aryl methyl sites for hydroxylation is 1. The molecule has 0 bridgehead atoms. The van der Waals surface area contributed by atoms with Gasteiger partial charge < -0.3 is 10.0 Å². The third kappa shape index (κ3) is 2.02. The van der Waals surface area contributed by atoms with Crippen LogP contribution in [0.3, 0.4) is 0 Å². The van der Waals surface area contributed by atoms with Crippen molar-refractivity contribution >= 4 is 11.6 Å². The number of aliphatic hydroxyl groups excluding tert-OH is 1. The molecule has 0 saturated heterocycles. The zero-order chi connectivity index (χ0) is 10.7. The summed E-state index contributed by atoms with van der Waals surface area (Å²) in [4.78, 5) is 13.5. The monoisotopic (exact) mass is 205 g/mol. The van der Waals surface area contributed by atoms with E-state index in [0.29, 0.717) is 19.4 Å². The van der Waals surface area contributed by atoms with Crippen LogP contribution in [-0.2, 0) is 11.2 Å². The minimum Gasteiger partial charge on any atom is -0.396 e. The fourth-order valence-electron chi connectivity index (χ4n) is 1.97. The van der Waals surface area contributed by atoms with Crippen molar-refractivity contribution in [1.29, 1.82) is 0 Å². The summed E-state index contributed by atoms with van der Waals surface area (Å²) in [5.74, 6) is 0.169. The van der Waals surface area contributed by atoms with Crippen molar-refractivity contribution in [2.75, 3.05) is 18.1 Å². The van der Waals surface area contributed by atoms with Gasteiger partial charge in [0, 0.05) is 25.3 Å². The highest BCUT2D eigenvalue weighted by Gasteiger charge is 2.22. The second-order valence-corrected chi connectivity index (χ2v) is 3.75. The third-order valence-corrected chi connectivity index (χ3v) is 2.73. The maximum absolute atomic E-state index is 11.7. The minimum atomic E-state index is 0.131. The number of fused-ring (bicyclic) bond motifs is 1. The first-order valence-electron chi connectivity index (χ1n) is 5.32. The van der Waals surface area contributed by atoms with E-state index in [-0.39, 0.29) is 12.5 Å². The summed E-state index contributed by atoms with van der Waals surface area (Å²) in [5.41, 5.74) is 2.25. The molecule has 0 radical (unpaired) electrons. The summed E-state index contributed by atoms with van der Waals surface area (Å²) in [6.07, 6.45) is 2.06. The molecule has 0 spiro atoms. The van der Waals surface area contributed by atoms with Crippen LogP contribution in [0.5, 0.6) is 0 Å². The predicted molar refractivity (Wildman–Crippen MR) is 58.8 cm³/mol. The standard InChI is InChI=1S/C12H15NO2/c14-9-3-8-13-11-5-2-1-4-10(11)6-7-12(13)15/h1-2,4-5,14H,3,6-9H2. The van der Waals surface area contributed by atoms with Gasteiger partial charge in [-0.3, -0.25) is 4.79 Å². The Bertz CT molecular complexity index is 362. The van der Waals surface area contributed by atoms with Crippen LogP contribution in [0.2, 0.25) is 0 Å². The highest BCUT2D eigenvalue weighted by Crippen LogP contribution is 2.27. The van der Waals surface area contributed by atoms with E-state index in [1.54, 1.807) is 4.90 Å². The van der Waals surface area contributed by atoms with Crippen LogP contribution < -0.4 is 4.90 Å². The van der Waals surface area contributed by atoms with E-state index in [0.717, 1.165) is 12.1 Å². The molecule has 3 nitrogen and oxygen atoms in total. The van der Waals surface area contributed by atoms with E-state index in [9.17, 15) is 4.79 Å². The van der Waals surface area contributed by atoms with Crippen LogP contribution in [0, 0.1) is 0 Å². The zero-order valence-corrected chi connectivity index (χ0v) is 8.65. The molecule has 15 heavy (non-hydrogen) atoms. The number of benzene rings is 1. The van der Waals surface area contributed by atoms with Crippen molar-refractivity contribution < 1.29 is 9.90 Å². The van der Waals surface area contributed by atoms with Crippen molar-refractivity contribution in [3.63, 3.8) is 0 Å². The van der Waals surface area contributed by atoms with E-state index < -0.39 is 0 Å². The molecule has 3 heteroatoms. The summed E-state index contributed by atoms with van der Waals surface area (Å²) >= 11 is 0. The summed E-state index contributed by atoms with van der Waals surface area (Å²) < 4.78 is 0. The fourth-order valence-corrected chi connectivity index (χ4v) is 1.97. The van der Waals surface area contributed by atoms with Gasteiger partial charge in [0.1, 0.15) is 0 Å². The zero-order valence-electron chi connectivity index (χ0n) is 8.65. The van der Waals surface area contributed by atoms with E-state index in [1.807, 2.05) is 18.2 Å². The Labute approximate surface area is 89.3 Å². The number of rotatable bonds is 3. The Morgan fingerprint density at radius 1 is 1.27 bits per heavy atom. The molecule has 1 aromatic rings. The Morgan fingerprint density at radius 3 is 2.87 bits per heavy atom. The maximum atomic E-state index is 11.7. The van der Waals surface area contributed by atoms with Crippen molar-refractivity contribution in [3.05, 3.63) is 29.8 Å². The molecule has 80 valence electrons. The number of aliphatic hydroxyl groups is 1. The Kier molecular flexibility index (Phi) is 3.02. The molecular weight excluding hydrogens is 190 g/mol. The molecule has 0 atom stereocenters. The summed E-state index contributed by atoms with van der Waals surface area (Å²) in [6, 6.07) is 7.99. The van der Waals surface area contributed by atoms with Gasteiger partial charge in [0.2, 0.25) is 5.91 Å². The largest absolute Gasteiger partial charge is 0.396 e. The van der Waals surface area contributed by atoms with Gasteiger partial charge in [-0.05, 0) is 24.5 Å². The Morgan fingerprint density at radius 2 is 2.07 bits per heavy atom. The van der Waals surface area contributed by atoms with Crippen LogP contribution in [0.15, 0.2) is 24.3 Å². The fraction of sp³-hybridized carbons (Fsp3) is 0.417. The first kappa shape index (κ1) is 10.2. The average Bonchev–Trinajstić information content (AvgIpc) is 2.28. The number of carbonyl (C=O) groups excluding carboxylic acids is 1. The van der Waals surface area contributed by atoms with Gasteiger partial charge in [-0.25, -0.2) is 0 Å². The molecule has 0 fully saturated rings. The first-order valence-corrected chi connectivity index (χ1v) is 5.32. The highest BCUT2D eigenvalue weighted by atomic mass is 16.3. The van der Waals surface area contributed by atoms with Crippen LogP contribution in [0.1, 0.15) is 18.4 Å². The van der Waals surface area contributed by atoms with Gasteiger partial charge in [-0.15, -0.1) is 0 Å². The quantitative estimate of drug-likeness (QED) is 0.809. The molecule has 1 aliphatic rings. The van der Waals surface area contributed by atoms with Crippen LogP contribution in [0.4, 0.5) is 5.69 Å². The Balaban J connectivity index is 2.25. The number of para-hydroxylation sites is 1. The van der Waals surface area contributed by atoms with Crippen LogP contribution >= 0.6 is 0 Å². The van der Waals surface area contributed by atoms with Crippen LogP contribution in [-0.4, -0.2) is 24.2 Å². The normalized spacial score (nSPS) is 15.3. The van der Waals surface area contributed by atoms with Crippen molar-refractivity contribution in [2.24, 2.45) is 0 Å². The number of hydrogen-bond donors (Lipinski definition) is 1. The van der Waals surface area contributed by atoms with Gasteiger partial charge in [0.25, 0.3) is 0 Å². The number of anilines is 1. The van der Waals surface area contributed by atoms with Gasteiger partial charge >= 0.3 is 0 Å². The van der Waals surface area contributed by atoms with Gasteiger partial charge in [0.15, 0.2) is 0 Å². The second kappa shape index (κ2) is 4.45. The molecule has 1 aromatic carbocycles. The summed E-state index contributed by atoms with van der Waals surface area (Å²) in [5, 5.41) is 8.79. The lowest BCUT2D eigenvalue weighted by Gasteiger charge is -2.29. The van der Waals surface area contributed by atoms with E-state index in [4.69, 9.17) is 5.11 Å². The molecule has 1 amide bonds. The van der Waals surface area contributed by atoms with Crippen LogP contribution in [0.25, 0.3) is 0 Å². The molecule has 0 aromatic heterocycles. The Hall–Kier alpha value is -1.35. The molecule has 2 rings (SSSR count). The lowest BCUT2D eigenvalue weighted by Crippen LogP contribution is -2.36. The molecule has 1 N–H and O–H groups in total. The van der Waals surface area contributed by atoms with E-state index >= 15 is 0 Å². The topological polar surface area (TPSA) is 40.5 Å². The highest BCUT2D eigenvalue weighted by molar-refractivity contribution is 5.96. The summed E-state index contributed by atoms with van der Waals surface area (Å²) in [7, 11) is 0. The minimum absolute atomic E-state index is 0.131. The number of hydrogen-bond acceptors (Lipinski definition) is 2. The third-order valence-electron chi connectivity index (χ3n) is 2.73. The number of carbonyl (C=O) groups is 1. The molecular formula is C12H15NO2. The maximum Gasteiger partial charge on any atom is 0.227 e. The lowest BCUT2D eigenvalue weighted by atomic mass is 10.0. The molecule has 1 heterocycles. The summed E-state index contributed by atoms with van der Waals surface area (Å²) in [6.45, 7) is 0.748. The number of amides is 1. The predicted octanol–water partition coefficient (Wildman–Crippen LogP) is 1.35.